The molecule has 0 saturated carbocycles. The number of sulfonamides is 1. The van der Waals surface area contributed by atoms with Gasteiger partial charge in [0.2, 0.25) is 10.0 Å². The van der Waals surface area contributed by atoms with Crippen molar-refractivity contribution >= 4 is 15.7 Å². The van der Waals surface area contributed by atoms with E-state index in [9.17, 15) is 8.42 Å². The fourth-order valence-electron chi connectivity index (χ4n) is 2.30. The van der Waals surface area contributed by atoms with E-state index in [4.69, 9.17) is 10.5 Å². The zero-order valence-corrected chi connectivity index (χ0v) is 12.1. The lowest BCUT2D eigenvalue weighted by Crippen LogP contribution is -2.51. The Morgan fingerprint density at radius 3 is 2.79 bits per heavy atom. The quantitative estimate of drug-likeness (QED) is 0.823. The van der Waals surface area contributed by atoms with Crippen LogP contribution in [-0.2, 0) is 14.8 Å². The minimum atomic E-state index is -3.58. The molecule has 1 fully saturated rings. The predicted octanol–water partition coefficient (Wildman–Crippen LogP) is 1.42. The Bertz CT molecular complexity index is 563. The van der Waals surface area contributed by atoms with Gasteiger partial charge in [-0.1, -0.05) is 6.07 Å². The zero-order chi connectivity index (χ0) is 14.1. The molecule has 0 amide bonds. The van der Waals surface area contributed by atoms with E-state index in [1.54, 1.807) is 19.1 Å². The van der Waals surface area contributed by atoms with Crippen LogP contribution in [0.15, 0.2) is 23.1 Å². The van der Waals surface area contributed by atoms with Gasteiger partial charge < -0.3 is 10.5 Å². The van der Waals surface area contributed by atoms with Crippen LogP contribution in [0.1, 0.15) is 25.3 Å². The molecule has 6 heteroatoms. The molecule has 2 rings (SSSR count). The van der Waals surface area contributed by atoms with E-state index in [-0.39, 0.29) is 4.90 Å². The summed E-state index contributed by atoms with van der Waals surface area (Å²) in [6.45, 7) is 4.71. The highest BCUT2D eigenvalue weighted by Crippen LogP contribution is 2.24. The summed E-state index contributed by atoms with van der Waals surface area (Å²) in [6, 6.07) is 4.90. The summed E-state index contributed by atoms with van der Waals surface area (Å²) in [7, 11) is -3.58. The van der Waals surface area contributed by atoms with E-state index >= 15 is 0 Å². The topological polar surface area (TPSA) is 81.4 Å². The average Bonchev–Trinajstić information content (AvgIpc) is 2.31. The molecule has 0 bridgehead atoms. The number of ether oxygens (including phenoxy) is 1. The van der Waals surface area contributed by atoms with Crippen LogP contribution in [0.2, 0.25) is 0 Å². The highest BCUT2D eigenvalue weighted by molar-refractivity contribution is 7.89. The summed E-state index contributed by atoms with van der Waals surface area (Å²) in [6.07, 6.45) is 1.63. The highest BCUT2D eigenvalue weighted by Gasteiger charge is 2.33. The lowest BCUT2D eigenvalue weighted by Gasteiger charge is -2.34. The van der Waals surface area contributed by atoms with Gasteiger partial charge in [0, 0.05) is 12.3 Å². The Balaban J connectivity index is 2.29. The fraction of sp³-hybridized carbons (Fsp3) is 0.538. The summed E-state index contributed by atoms with van der Waals surface area (Å²) in [4.78, 5) is 0.235. The van der Waals surface area contributed by atoms with Crippen LogP contribution in [0.25, 0.3) is 0 Å². The molecule has 1 unspecified atom stereocenters. The molecule has 1 heterocycles. The van der Waals surface area contributed by atoms with Crippen molar-refractivity contribution in [3.05, 3.63) is 23.8 Å². The van der Waals surface area contributed by atoms with Crippen molar-refractivity contribution in [2.75, 3.05) is 18.9 Å². The van der Waals surface area contributed by atoms with Gasteiger partial charge in [-0.3, -0.25) is 0 Å². The Kier molecular flexibility index (Phi) is 3.85. The van der Waals surface area contributed by atoms with Crippen LogP contribution >= 0.6 is 0 Å². The third-order valence-electron chi connectivity index (χ3n) is 3.32. The van der Waals surface area contributed by atoms with E-state index in [1.807, 2.05) is 6.92 Å². The fourth-order valence-corrected chi connectivity index (χ4v) is 4.00. The van der Waals surface area contributed by atoms with Crippen LogP contribution in [-0.4, -0.2) is 27.2 Å². The van der Waals surface area contributed by atoms with Crippen molar-refractivity contribution in [2.24, 2.45) is 0 Å². The number of nitrogen functional groups attached to an aromatic ring is 1. The molecule has 0 aromatic heterocycles. The number of nitrogens with one attached hydrogen (secondary N) is 1. The normalized spacial score (nSPS) is 24.3. The number of nitrogens with two attached hydrogens (primary N) is 1. The van der Waals surface area contributed by atoms with Gasteiger partial charge in [-0.25, -0.2) is 13.1 Å². The van der Waals surface area contributed by atoms with E-state index in [0.717, 1.165) is 12.8 Å². The van der Waals surface area contributed by atoms with E-state index in [0.29, 0.717) is 24.5 Å². The van der Waals surface area contributed by atoms with Crippen LogP contribution in [0, 0.1) is 6.92 Å². The summed E-state index contributed by atoms with van der Waals surface area (Å²) >= 11 is 0. The van der Waals surface area contributed by atoms with Crippen molar-refractivity contribution in [1.82, 2.24) is 4.72 Å². The molecular formula is C13H20N2O3S. The van der Waals surface area contributed by atoms with Crippen LogP contribution < -0.4 is 10.5 Å². The second-order valence-corrected chi connectivity index (χ2v) is 7.00. The van der Waals surface area contributed by atoms with E-state index in [1.165, 1.54) is 6.07 Å². The summed E-state index contributed by atoms with van der Waals surface area (Å²) in [5.74, 6) is 0. The number of aryl methyl sites for hydroxylation is 1. The Labute approximate surface area is 114 Å². The number of hydrogen-bond donors (Lipinski definition) is 2. The summed E-state index contributed by atoms with van der Waals surface area (Å²) < 4.78 is 33.0. The molecule has 0 radical (unpaired) electrons. The monoisotopic (exact) mass is 284 g/mol. The standard InChI is InChI=1S/C13H20N2O3S/c1-10-4-5-11(14)8-12(10)19(16,17)15-13(2)6-3-7-18-9-13/h4-5,8,15H,3,6-7,9,14H2,1-2H3. The van der Waals surface area contributed by atoms with Crippen LogP contribution in [0.3, 0.4) is 0 Å². The van der Waals surface area contributed by atoms with Crippen molar-refractivity contribution in [2.45, 2.75) is 37.1 Å². The summed E-state index contributed by atoms with van der Waals surface area (Å²) in [5, 5.41) is 0. The Hall–Kier alpha value is -1.11. The molecule has 0 spiro atoms. The Morgan fingerprint density at radius 2 is 2.16 bits per heavy atom. The van der Waals surface area contributed by atoms with Gasteiger partial charge >= 0.3 is 0 Å². The minimum Gasteiger partial charge on any atom is -0.399 e. The maximum atomic E-state index is 12.5. The first-order valence-corrected chi connectivity index (χ1v) is 7.79. The molecule has 1 saturated heterocycles. The maximum absolute atomic E-state index is 12.5. The largest absolute Gasteiger partial charge is 0.399 e. The van der Waals surface area contributed by atoms with E-state index in [2.05, 4.69) is 4.72 Å². The number of benzene rings is 1. The van der Waals surface area contributed by atoms with Crippen molar-refractivity contribution in [1.29, 1.82) is 0 Å². The Morgan fingerprint density at radius 1 is 1.42 bits per heavy atom. The van der Waals surface area contributed by atoms with Crippen molar-refractivity contribution in [3.63, 3.8) is 0 Å². The third kappa shape index (κ3) is 3.26. The molecule has 19 heavy (non-hydrogen) atoms. The molecule has 1 aliphatic rings. The molecule has 106 valence electrons. The van der Waals surface area contributed by atoms with Gasteiger partial charge in [-0.15, -0.1) is 0 Å². The molecule has 1 aromatic carbocycles. The predicted molar refractivity (Wildman–Crippen MR) is 74.4 cm³/mol. The van der Waals surface area contributed by atoms with Crippen LogP contribution in [0.4, 0.5) is 5.69 Å². The van der Waals surface area contributed by atoms with Gasteiger partial charge in [0.1, 0.15) is 0 Å². The molecule has 1 aromatic rings. The second kappa shape index (κ2) is 5.11. The number of anilines is 1. The average molecular weight is 284 g/mol. The van der Waals surface area contributed by atoms with Crippen molar-refractivity contribution in [3.8, 4) is 0 Å². The lowest BCUT2D eigenvalue weighted by molar-refractivity contribution is 0.0386. The third-order valence-corrected chi connectivity index (χ3v) is 5.10. The van der Waals surface area contributed by atoms with Gasteiger partial charge in [0.25, 0.3) is 0 Å². The SMILES string of the molecule is Cc1ccc(N)cc1S(=O)(=O)NC1(C)CCCOC1. The molecule has 1 atom stereocenters. The van der Waals surface area contributed by atoms with Gasteiger partial charge in [0.15, 0.2) is 0 Å². The molecular weight excluding hydrogens is 264 g/mol. The zero-order valence-electron chi connectivity index (χ0n) is 11.3. The van der Waals surface area contributed by atoms with E-state index < -0.39 is 15.6 Å². The second-order valence-electron chi connectivity index (χ2n) is 5.35. The molecule has 5 nitrogen and oxygen atoms in total. The van der Waals surface area contributed by atoms with Gasteiger partial charge in [0.05, 0.1) is 17.0 Å². The molecule has 1 aliphatic heterocycles. The first-order valence-electron chi connectivity index (χ1n) is 6.30. The molecule has 3 N–H and O–H groups in total. The maximum Gasteiger partial charge on any atom is 0.241 e. The first-order chi connectivity index (χ1) is 8.82. The lowest BCUT2D eigenvalue weighted by atomic mass is 9.97. The van der Waals surface area contributed by atoms with Gasteiger partial charge in [-0.05, 0) is 44.4 Å². The molecule has 0 aliphatic carbocycles. The smallest absolute Gasteiger partial charge is 0.241 e. The number of hydrogen-bond acceptors (Lipinski definition) is 4. The number of rotatable bonds is 3. The van der Waals surface area contributed by atoms with Crippen molar-refractivity contribution < 1.29 is 13.2 Å². The summed E-state index contributed by atoms with van der Waals surface area (Å²) in [5.41, 5.74) is 6.25. The van der Waals surface area contributed by atoms with Gasteiger partial charge in [-0.2, -0.15) is 0 Å². The highest BCUT2D eigenvalue weighted by atomic mass is 32.2. The minimum absolute atomic E-state index is 0.235. The van der Waals surface area contributed by atoms with Crippen LogP contribution in [0.5, 0.6) is 0 Å². The first kappa shape index (κ1) is 14.3.